The molecule has 0 saturated heterocycles. The Labute approximate surface area is 134 Å². The maximum atomic E-state index is 11.4. The Morgan fingerprint density at radius 3 is 2.61 bits per heavy atom. The lowest BCUT2D eigenvalue weighted by Gasteiger charge is -2.23. The molecule has 0 radical (unpaired) electrons. The van der Waals surface area contributed by atoms with Crippen molar-refractivity contribution < 1.29 is 4.92 Å². The van der Waals surface area contributed by atoms with E-state index in [4.69, 9.17) is 0 Å². The van der Waals surface area contributed by atoms with Gasteiger partial charge < -0.3 is 5.32 Å². The van der Waals surface area contributed by atoms with Gasteiger partial charge in [0.25, 0.3) is 0 Å². The number of imidazole rings is 1. The van der Waals surface area contributed by atoms with Crippen LogP contribution in [0.3, 0.4) is 0 Å². The van der Waals surface area contributed by atoms with Gasteiger partial charge in [-0.15, -0.1) is 0 Å². The molecule has 0 atom stereocenters. The van der Waals surface area contributed by atoms with E-state index in [1.807, 2.05) is 0 Å². The minimum atomic E-state index is -0.436. The smallest absolute Gasteiger partial charge is 0.333 e. The molecule has 1 saturated carbocycles. The molecule has 2 heterocycles. The molecule has 0 unspecified atom stereocenters. The predicted molar refractivity (Wildman–Crippen MR) is 85.8 cm³/mol. The van der Waals surface area contributed by atoms with Crippen LogP contribution in [0.25, 0.3) is 5.82 Å². The lowest BCUT2D eigenvalue weighted by atomic mass is 9.96. The normalized spacial score (nSPS) is 15.6. The highest BCUT2D eigenvalue weighted by Gasteiger charge is 2.25. The van der Waals surface area contributed by atoms with E-state index < -0.39 is 4.92 Å². The van der Waals surface area contributed by atoms with Crippen molar-refractivity contribution in [3.63, 3.8) is 0 Å². The van der Waals surface area contributed by atoms with Crippen molar-refractivity contribution in [3.8, 4) is 5.82 Å². The average Bonchev–Trinajstić information content (AvgIpc) is 2.93. The quantitative estimate of drug-likeness (QED) is 0.687. The lowest BCUT2D eigenvalue weighted by molar-refractivity contribution is -0.385. The first kappa shape index (κ1) is 15.4. The summed E-state index contributed by atoms with van der Waals surface area (Å²) in [6, 6.07) is 0.335. The lowest BCUT2D eigenvalue weighted by Crippen LogP contribution is -2.24. The molecule has 1 fully saturated rings. The summed E-state index contributed by atoms with van der Waals surface area (Å²) in [6.07, 6.45) is 9.09. The fourth-order valence-electron chi connectivity index (χ4n) is 3.03. The van der Waals surface area contributed by atoms with Crippen molar-refractivity contribution >= 4 is 11.6 Å². The summed E-state index contributed by atoms with van der Waals surface area (Å²) in [7, 11) is 0. The van der Waals surface area contributed by atoms with E-state index in [1.54, 1.807) is 30.8 Å². The number of hydrogen-bond acceptors (Lipinski definition) is 6. The maximum Gasteiger partial charge on any atom is 0.333 e. The molecule has 2 aromatic heterocycles. The Morgan fingerprint density at radius 2 is 2.00 bits per heavy atom. The van der Waals surface area contributed by atoms with Crippen LogP contribution in [0.15, 0.2) is 12.4 Å². The molecule has 1 aliphatic carbocycles. The van der Waals surface area contributed by atoms with Gasteiger partial charge in [-0.3, -0.25) is 14.7 Å². The third kappa shape index (κ3) is 3.15. The zero-order valence-corrected chi connectivity index (χ0v) is 13.3. The standard InChI is InChI=1S/C15H20N6O2/c1-10-13(21(22)23)14(20-9-8-16-11(20)2)19-15(17-10)18-12-6-4-3-5-7-12/h8-9,12H,3-7H2,1-2H3,(H,17,18,19). The second-order valence-electron chi connectivity index (χ2n) is 5.89. The number of nitrogens with zero attached hydrogens (tertiary/aromatic N) is 5. The molecule has 0 aromatic carbocycles. The Morgan fingerprint density at radius 1 is 1.26 bits per heavy atom. The number of rotatable bonds is 4. The molecule has 1 N–H and O–H groups in total. The molecule has 122 valence electrons. The Kier molecular flexibility index (Phi) is 4.22. The molecule has 8 nitrogen and oxygen atoms in total. The Hall–Kier alpha value is -2.51. The highest BCUT2D eigenvalue weighted by atomic mass is 16.6. The molecule has 0 amide bonds. The van der Waals surface area contributed by atoms with Gasteiger partial charge in [-0.2, -0.15) is 4.98 Å². The van der Waals surface area contributed by atoms with Crippen LogP contribution < -0.4 is 5.32 Å². The number of anilines is 1. The molecule has 0 bridgehead atoms. The van der Waals surface area contributed by atoms with Crippen LogP contribution in [0.5, 0.6) is 0 Å². The highest BCUT2D eigenvalue weighted by molar-refractivity contribution is 5.54. The molecular weight excluding hydrogens is 296 g/mol. The monoisotopic (exact) mass is 316 g/mol. The van der Waals surface area contributed by atoms with Crippen molar-refractivity contribution in [2.75, 3.05) is 5.32 Å². The third-order valence-corrected chi connectivity index (χ3v) is 4.21. The summed E-state index contributed by atoms with van der Waals surface area (Å²) >= 11 is 0. The van der Waals surface area contributed by atoms with Crippen molar-refractivity contribution in [2.45, 2.75) is 52.0 Å². The van der Waals surface area contributed by atoms with Gasteiger partial charge in [-0.05, 0) is 26.7 Å². The van der Waals surface area contributed by atoms with Crippen molar-refractivity contribution in [1.82, 2.24) is 19.5 Å². The fourth-order valence-corrected chi connectivity index (χ4v) is 3.03. The van der Waals surface area contributed by atoms with Gasteiger partial charge in [-0.1, -0.05) is 19.3 Å². The van der Waals surface area contributed by atoms with Gasteiger partial charge in [0, 0.05) is 18.4 Å². The molecule has 0 spiro atoms. The summed E-state index contributed by atoms with van der Waals surface area (Å²) in [5, 5.41) is 14.8. The second kappa shape index (κ2) is 6.31. The van der Waals surface area contributed by atoms with Crippen LogP contribution in [0.4, 0.5) is 11.6 Å². The van der Waals surface area contributed by atoms with E-state index in [0.29, 0.717) is 23.5 Å². The SMILES string of the molecule is Cc1nc(NC2CCCCC2)nc(-n2ccnc2C)c1[N+](=O)[O-]. The fraction of sp³-hybridized carbons (Fsp3) is 0.533. The molecule has 8 heteroatoms. The molecule has 0 aliphatic heterocycles. The molecular formula is C15H20N6O2. The number of nitrogens with one attached hydrogen (secondary N) is 1. The highest BCUT2D eigenvalue weighted by Crippen LogP contribution is 2.27. The van der Waals surface area contributed by atoms with Gasteiger partial charge in [0.1, 0.15) is 11.5 Å². The van der Waals surface area contributed by atoms with Crippen LogP contribution in [-0.4, -0.2) is 30.5 Å². The topological polar surface area (TPSA) is 98.8 Å². The van der Waals surface area contributed by atoms with E-state index >= 15 is 0 Å². The van der Waals surface area contributed by atoms with E-state index in [9.17, 15) is 10.1 Å². The van der Waals surface area contributed by atoms with Gasteiger partial charge in [0.15, 0.2) is 0 Å². The van der Waals surface area contributed by atoms with Gasteiger partial charge in [0.2, 0.25) is 11.8 Å². The maximum absolute atomic E-state index is 11.4. The molecule has 23 heavy (non-hydrogen) atoms. The van der Waals surface area contributed by atoms with Crippen molar-refractivity contribution in [3.05, 3.63) is 34.0 Å². The van der Waals surface area contributed by atoms with Crippen LogP contribution in [-0.2, 0) is 0 Å². The molecule has 2 aromatic rings. The van der Waals surface area contributed by atoms with Gasteiger partial charge >= 0.3 is 5.69 Å². The second-order valence-corrected chi connectivity index (χ2v) is 5.89. The summed E-state index contributed by atoms with van der Waals surface area (Å²) in [5.41, 5.74) is 0.270. The van der Waals surface area contributed by atoms with Gasteiger partial charge in [0.05, 0.1) is 4.92 Å². The van der Waals surface area contributed by atoms with E-state index in [-0.39, 0.29) is 11.5 Å². The first-order valence-corrected chi connectivity index (χ1v) is 7.86. The minimum absolute atomic E-state index is 0.0831. The van der Waals surface area contributed by atoms with E-state index in [0.717, 1.165) is 12.8 Å². The minimum Gasteiger partial charge on any atom is -0.351 e. The number of hydrogen-bond donors (Lipinski definition) is 1. The van der Waals surface area contributed by atoms with Crippen LogP contribution in [0.2, 0.25) is 0 Å². The Balaban J connectivity index is 2.01. The Bertz CT molecular complexity index is 721. The average molecular weight is 316 g/mol. The predicted octanol–water partition coefficient (Wildman–Crippen LogP) is 2.93. The van der Waals surface area contributed by atoms with Crippen molar-refractivity contribution in [1.29, 1.82) is 0 Å². The van der Waals surface area contributed by atoms with E-state index in [2.05, 4.69) is 20.3 Å². The number of aryl methyl sites for hydroxylation is 2. The summed E-state index contributed by atoms with van der Waals surface area (Å²) in [6.45, 7) is 3.43. The van der Waals surface area contributed by atoms with Crippen molar-refractivity contribution in [2.24, 2.45) is 0 Å². The first-order valence-electron chi connectivity index (χ1n) is 7.86. The summed E-state index contributed by atoms with van der Waals surface area (Å²) < 4.78 is 1.62. The van der Waals surface area contributed by atoms with Crippen LogP contribution in [0.1, 0.15) is 43.6 Å². The third-order valence-electron chi connectivity index (χ3n) is 4.21. The van der Waals surface area contributed by atoms with Gasteiger partial charge in [-0.25, -0.2) is 9.97 Å². The number of nitro groups is 1. The zero-order chi connectivity index (χ0) is 16.4. The van der Waals surface area contributed by atoms with Crippen LogP contribution in [0, 0.1) is 24.0 Å². The first-order chi connectivity index (χ1) is 11.1. The molecule has 3 rings (SSSR count). The zero-order valence-electron chi connectivity index (χ0n) is 13.3. The van der Waals surface area contributed by atoms with E-state index in [1.165, 1.54) is 19.3 Å². The largest absolute Gasteiger partial charge is 0.351 e. The summed E-state index contributed by atoms with van der Waals surface area (Å²) in [4.78, 5) is 23.8. The van der Waals surface area contributed by atoms with Crippen LogP contribution >= 0.6 is 0 Å². The number of aromatic nitrogens is 4. The molecule has 1 aliphatic rings. The summed E-state index contributed by atoms with van der Waals surface area (Å²) in [5.74, 6) is 1.36.